The molecule has 1 unspecified atom stereocenters. The third-order valence-electron chi connectivity index (χ3n) is 4.74. The summed E-state index contributed by atoms with van der Waals surface area (Å²) >= 11 is 0. The van der Waals surface area contributed by atoms with Gasteiger partial charge in [-0.25, -0.2) is 14.0 Å². The first-order valence-electron chi connectivity index (χ1n) is 10.1. The molecule has 0 radical (unpaired) electrons. The van der Waals surface area contributed by atoms with Crippen LogP contribution in [0.3, 0.4) is 0 Å². The van der Waals surface area contributed by atoms with Gasteiger partial charge in [-0.15, -0.1) is 0 Å². The Kier molecular flexibility index (Phi) is 6.80. The van der Waals surface area contributed by atoms with E-state index in [9.17, 15) is 9.59 Å². The van der Waals surface area contributed by atoms with Crippen LogP contribution in [0.25, 0.3) is 0 Å². The van der Waals surface area contributed by atoms with Crippen molar-refractivity contribution in [3.05, 3.63) is 35.4 Å². The quantitative estimate of drug-likeness (QED) is 0.677. The minimum absolute atomic E-state index is 0.0581. The highest BCUT2D eigenvalue weighted by Crippen LogP contribution is 2.37. The van der Waals surface area contributed by atoms with Gasteiger partial charge >= 0.3 is 12.1 Å². The largest absolute Gasteiger partial charge is 0.458 e. The fourth-order valence-electron chi connectivity index (χ4n) is 3.42. The highest BCUT2D eigenvalue weighted by Gasteiger charge is 2.52. The van der Waals surface area contributed by atoms with E-state index >= 15 is 4.39 Å². The molecule has 2 atom stereocenters. The maximum absolute atomic E-state index is 16.4. The van der Waals surface area contributed by atoms with Gasteiger partial charge in [0.15, 0.2) is 0 Å². The van der Waals surface area contributed by atoms with E-state index in [2.05, 4.69) is 0 Å². The Morgan fingerprint density at radius 1 is 1.17 bits per heavy atom. The summed E-state index contributed by atoms with van der Waals surface area (Å²) in [6, 6.07) is 8.55. The van der Waals surface area contributed by atoms with E-state index in [1.807, 2.05) is 6.07 Å². The second kappa shape index (κ2) is 8.63. The van der Waals surface area contributed by atoms with Gasteiger partial charge < -0.3 is 14.4 Å². The van der Waals surface area contributed by atoms with Crippen LogP contribution in [0.2, 0.25) is 0 Å². The molecule has 1 aliphatic rings. The lowest BCUT2D eigenvalue weighted by molar-refractivity contribution is -0.173. The number of ether oxygens (including phenoxy) is 2. The van der Waals surface area contributed by atoms with Crippen LogP contribution >= 0.6 is 0 Å². The van der Waals surface area contributed by atoms with E-state index in [0.717, 1.165) is 0 Å². The highest BCUT2D eigenvalue weighted by molar-refractivity contribution is 5.81. The van der Waals surface area contributed by atoms with Crippen LogP contribution in [0.4, 0.5) is 9.18 Å². The van der Waals surface area contributed by atoms with Crippen molar-refractivity contribution in [2.75, 3.05) is 13.1 Å². The number of carbonyl (C=O) groups excluding carboxylic acids is 2. The third-order valence-corrected chi connectivity index (χ3v) is 4.74. The molecule has 0 saturated carbocycles. The molecule has 1 fully saturated rings. The maximum Gasteiger partial charge on any atom is 0.410 e. The number of hydrogen-bond donors (Lipinski definition) is 0. The molecule has 0 aromatic heterocycles. The Morgan fingerprint density at radius 2 is 1.80 bits per heavy atom. The van der Waals surface area contributed by atoms with Crippen molar-refractivity contribution >= 4 is 12.1 Å². The summed E-state index contributed by atoms with van der Waals surface area (Å²) in [6.07, 6.45) is -0.444. The second-order valence-corrected chi connectivity index (χ2v) is 9.77. The number of nitrogens with zero attached hydrogens (tertiary/aromatic N) is 2. The molecule has 7 heteroatoms. The summed E-state index contributed by atoms with van der Waals surface area (Å²) in [6.45, 7) is 10.7. The molecule has 1 aliphatic heterocycles. The molecule has 2 rings (SSSR count). The van der Waals surface area contributed by atoms with Gasteiger partial charge in [-0.3, -0.25) is 0 Å². The number of rotatable bonds is 4. The minimum atomic E-state index is -2.34. The van der Waals surface area contributed by atoms with Crippen LogP contribution in [0.5, 0.6) is 0 Å². The zero-order valence-corrected chi connectivity index (χ0v) is 18.6. The topological polar surface area (TPSA) is 79.6 Å². The molecule has 30 heavy (non-hydrogen) atoms. The first-order chi connectivity index (χ1) is 13.7. The molecular weight excluding hydrogens is 387 g/mol. The van der Waals surface area contributed by atoms with Gasteiger partial charge in [0.05, 0.1) is 11.6 Å². The Labute approximate surface area is 177 Å². The molecule has 1 heterocycles. The summed E-state index contributed by atoms with van der Waals surface area (Å²) in [5.41, 5.74) is -2.94. The summed E-state index contributed by atoms with van der Waals surface area (Å²) in [5, 5.41) is 9.13. The fraction of sp³-hybridized carbons (Fsp3) is 0.609. The molecule has 0 aliphatic carbocycles. The van der Waals surface area contributed by atoms with Crippen LogP contribution in [-0.2, 0) is 20.7 Å². The number of likely N-dealkylation sites (tertiary alicyclic amines) is 1. The zero-order valence-electron chi connectivity index (χ0n) is 18.6. The van der Waals surface area contributed by atoms with Crippen LogP contribution in [0, 0.1) is 17.2 Å². The van der Waals surface area contributed by atoms with Crippen molar-refractivity contribution in [2.24, 2.45) is 5.92 Å². The Hall–Kier alpha value is -2.62. The number of carbonyl (C=O) groups is 2. The van der Waals surface area contributed by atoms with E-state index < -0.39 is 34.9 Å². The molecule has 1 aromatic rings. The van der Waals surface area contributed by atoms with Crippen LogP contribution < -0.4 is 0 Å². The van der Waals surface area contributed by atoms with Gasteiger partial charge in [-0.05, 0) is 65.7 Å². The van der Waals surface area contributed by atoms with Crippen LogP contribution in [0.15, 0.2) is 24.3 Å². The lowest BCUT2D eigenvalue weighted by Crippen LogP contribution is -2.48. The summed E-state index contributed by atoms with van der Waals surface area (Å²) in [7, 11) is 0. The number of halogens is 1. The van der Waals surface area contributed by atoms with Crippen LogP contribution in [0.1, 0.15) is 59.1 Å². The lowest BCUT2D eigenvalue weighted by atomic mass is 9.82. The summed E-state index contributed by atoms with van der Waals surface area (Å²) in [4.78, 5) is 26.8. The number of alkyl halides is 1. The van der Waals surface area contributed by atoms with E-state index in [1.165, 1.54) is 4.90 Å². The van der Waals surface area contributed by atoms with Crippen molar-refractivity contribution in [3.8, 4) is 6.07 Å². The average Bonchev–Trinajstić information content (AvgIpc) is 3.09. The second-order valence-electron chi connectivity index (χ2n) is 9.77. The maximum atomic E-state index is 16.4. The van der Waals surface area contributed by atoms with Crippen molar-refractivity contribution < 1.29 is 23.5 Å². The Balaban J connectivity index is 2.29. The van der Waals surface area contributed by atoms with Crippen molar-refractivity contribution in [1.29, 1.82) is 5.26 Å². The monoisotopic (exact) mass is 418 g/mol. The van der Waals surface area contributed by atoms with Crippen molar-refractivity contribution in [3.63, 3.8) is 0 Å². The molecule has 1 amide bonds. The van der Waals surface area contributed by atoms with Gasteiger partial charge in [0.2, 0.25) is 5.67 Å². The van der Waals surface area contributed by atoms with Gasteiger partial charge in [0, 0.05) is 25.4 Å². The average molecular weight is 419 g/mol. The Bertz CT molecular complexity index is 835. The third kappa shape index (κ3) is 6.19. The highest BCUT2D eigenvalue weighted by atomic mass is 19.1. The number of nitriles is 1. The van der Waals surface area contributed by atoms with Gasteiger partial charge in [-0.2, -0.15) is 5.26 Å². The number of amides is 1. The predicted molar refractivity (Wildman–Crippen MR) is 110 cm³/mol. The molecular formula is C23H31FN2O4. The SMILES string of the molecule is CC(C)(C)OC(=O)N1CC[C@H](C(F)(Cc2cccc(C#N)c2)C(=O)OC(C)(C)C)C1. The van der Waals surface area contributed by atoms with Gasteiger partial charge in [0.1, 0.15) is 11.2 Å². The molecule has 164 valence electrons. The molecule has 1 saturated heterocycles. The van der Waals surface area contributed by atoms with Crippen LogP contribution in [-0.4, -0.2) is 46.9 Å². The van der Waals surface area contributed by atoms with Gasteiger partial charge in [0.25, 0.3) is 0 Å². The van der Waals surface area contributed by atoms with Crippen molar-refractivity contribution in [1.82, 2.24) is 4.90 Å². The standard InChI is InChI=1S/C23H31FN2O4/c1-21(2,3)29-19(27)23(24,13-16-8-7-9-17(12-16)14-25)18-10-11-26(15-18)20(28)30-22(4,5)6/h7-9,12,18H,10-11,13,15H2,1-6H3/t18-,23?/m0/s1. The number of hydrogen-bond acceptors (Lipinski definition) is 5. The Morgan fingerprint density at radius 3 is 2.37 bits per heavy atom. The minimum Gasteiger partial charge on any atom is -0.458 e. The van der Waals surface area contributed by atoms with E-state index in [0.29, 0.717) is 24.1 Å². The smallest absolute Gasteiger partial charge is 0.410 e. The zero-order chi connectivity index (χ0) is 22.7. The first kappa shape index (κ1) is 23.7. The van der Waals surface area contributed by atoms with Gasteiger partial charge in [-0.1, -0.05) is 12.1 Å². The molecule has 0 spiro atoms. The summed E-state index contributed by atoms with van der Waals surface area (Å²) in [5.74, 6) is -1.70. The molecule has 6 nitrogen and oxygen atoms in total. The lowest BCUT2D eigenvalue weighted by Gasteiger charge is -2.33. The molecule has 0 N–H and O–H groups in total. The van der Waals surface area contributed by atoms with E-state index in [1.54, 1.807) is 65.8 Å². The first-order valence-corrected chi connectivity index (χ1v) is 10.1. The number of esters is 1. The molecule has 1 aromatic carbocycles. The fourth-order valence-corrected chi connectivity index (χ4v) is 3.42. The van der Waals surface area contributed by atoms with Crippen molar-refractivity contribution in [2.45, 2.75) is 71.3 Å². The molecule has 0 bridgehead atoms. The van der Waals surface area contributed by atoms with E-state index in [-0.39, 0.29) is 13.0 Å². The normalized spacial score (nSPS) is 19.0. The predicted octanol–water partition coefficient (Wildman–Crippen LogP) is 4.41. The van der Waals surface area contributed by atoms with E-state index in [4.69, 9.17) is 14.7 Å². The summed E-state index contributed by atoms with van der Waals surface area (Å²) < 4.78 is 27.2. The number of benzene rings is 1.